The van der Waals surface area contributed by atoms with Crippen LogP contribution < -0.4 is 0 Å². The van der Waals surface area contributed by atoms with Crippen molar-refractivity contribution in [2.75, 3.05) is 20.1 Å². The monoisotopic (exact) mass is 212 g/mol. The summed E-state index contributed by atoms with van der Waals surface area (Å²) in [6, 6.07) is 0. The summed E-state index contributed by atoms with van der Waals surface area (Å²) >= 11 is 1.34. The maximum Gasteiger partial charge on any atom is 0.361 e. The highest BCUT2D eigenvalue weighted by molar-refractivity contribution is 8.16. The van der Waals surface area contributed by atoms with Gasteiger partial charge in [-0.3, -0.25) is 0 Å². The minimum absolute atomic E-state index is 0.239. The van der Waals surface area contributed by atoms with Crippen LogP contribution in [0.2, 0.25) is 0 Å². The first-order valence-electron chi connectivity index (χ1n) is 4.53. The summed E-state index contributed by atoms with van der Waals surface area (Å²) in [6.07, 6.45) is 2.94. The second-order valence-electron chi connectivity index (χ2n) is 3.55. The Hall–Kier alpha value is -0.810. The standard InChI is InChI=1S/C9H12N2O2S/c1-11-3-2-6-4-7(5-11)14-8(10-6)9(12)13/h4,7H,2-3,5H2,1H3,(H,12,13). The maximum absolute atomic E-state index is 10.8. The number of thioether (sulfide) groups is 1. The minimum atomic E-state index is -0.907. The average molecular weight is 212 g/mol. The molecule has 0 aromatic carbocycles. The molecule has 0 aromatic rings. The van der Waals surface area contributed by atoms with Gasteiger partial charge in [0.15, 0.2) is 5.04 Å². The van der Waals surface area contributed by atoms with E-state index in [1.165, 1.54) is 11.8 Å². The number of carbonyl (C=O) groups is 1. The summed E-state index contributed by atoms with van der Waals surface area (Å²) in [5.74, 6) is -0.907. The van der Waals surface area contributed by atoms with Crippen molar-refractivity contribution in [1.82, 2.24) is 4.90 Å². The number of hydrogen-bond donors (Lipinski definition) is 1. The molecule has 5 heteroatoms. The number of hydrogen-bond acceptors (Lipinski definition) is 4. The van der Waals surface area contributed by atoms with Crippen molar-refractivity contribution in [3.05, 3.63) is 11.8 Å². The Bertz CT molecular complexity index is 325. The number of rotatable bonds is 1. The van der Waals surface area contributed by atoms with Crippen LogP contribution in [0, 0.1) is 0 Å². The lowest BCUT2D eigenvalue weighted by Crippen LogP contribution is -2.27. The minimum Gasteiger partial charge on any atom is -0.476 e. The molecular formula is C9H12N2O2S. The summed E-state index contributed by atoms with van der Waals surface area (Å²) in [5, 5.41) is 9.35. The van der Waals surface area contributed by atoms with Gasteiger partial charge in [-0.1, -0.05) is 11.8 Å². The highest BCUT2D eigenvalue weighted by Gasteiger charge is 2.25. The van der Waals surface area contributed by atoms with Crippen LogP contribution in [0.1, 0.15) is 6.42 Å². The molecule has 76 valence electrons. The molecule has 2 heterocycles. The fourth-order valence-corrected chi connectivity index (χ4v) is 2.73. The summed E-state index contributed by atoms with van der Waals surface area (Å²) in [7, 11) is 2.05. The third-order valence-corrected chi connectivity index (χ3v) is 3.39. The summed E-state index contributed by atoms with van der Waals surface area (Å²) < 4.78 is 0. The predicted molar refractivity (Wildman–Crippen MR) is 56.6 cm³/mol. The molecule has 4 nitrogen and oxygen atoms in total. The van der Waals surface area contributed by atoms with E-state index in [2.05, 4.69) is 23.0 Å². The van der Waals surface area contributed by atoms with Gasteiger partial charge in [-0.25, -0.2) is 9.79 Å². The first-order chi connectivity index (χ1) is 6.65. The lowest BCUT2D eigenvalue weighted by atomic mass is 10.3. The SMILES string of the molecule is CN1CCC2=CC(C1)SC(C(=O)O)=N2. The van der Waals surface area contributed by atoms with Crippen molar-refractivity contribution in [2.45, 2.75) is 11.7 Å². The Morgan fingerprint density at radius 1 is 1.79 bits per heavy atom. The van der Waals surface area contributed by atoms with Crippen molar-refractivity contribution in [2.24, 2.45) is 4.99 Å². The largest absolute Gasteiger partial charge is 0.476 e. The molecule has 0 aliphatic carbocycles. The first-order valence-corrected chi connectivity index (χ1v) is 5.41. The Morgan fingerprint density at radius 3 is 3.29 bits per heavy atom. The second-order valence-corrected chi connectivity index (χ2v) is 4.78. The highest BCUT2D eigenvalue weighted by atomic mass is 32.2. The van der Waals surface area contributed by atoms with Crippen LogP contribution in [0.15, 0.2) is 16.8 Å². The number of carboxylic acids is 1. The van der Waals surface area contributed by atoms with Crippen LogP contribution in [0.3, 0.4) is 0 Å². The molecule has 0 aromatic heterocycles. The normalized spacial score (nSPS) is 27.6. The quantitative estimate of drug-likeness (QED) is 0.698. The van der Waals surface area contributed by atoms with E-state index < -0.39 is 5.97 Å². The van der Waals surface area contributed by atoms with Gasteiger partial charge in [0.05, 0.1) is 0 Å². The van der Waals surface area contributed by atoms with Gasteiger partial charge in [-0.05, 0) is 13.1 Å². The lowest BCUT2D eigenvalue weighted by Gasteiger charge is -2.18. The van der Waals surface area contributed by atoms with E-state index in [0.29, 0.717) is 0 Å². The Kier molecular flexibility index (Phi) is 2.60. The molecule has 0 radical (unpaired) electrons. The zero-order valence-corrected chi connectivity index (χ0v) is 8.75. The van der Waals surface area contributed by atoms with Crippen LogP contribution in [0.5, 0.6) is 0 Å². The zero-order chi connectivity index (χ0) is 10.1. The average Bonchev–Trinajstić information content (AvgIpc) is 2.25. The molecule has 0 amide bonds. The summed E-state index contributed by atoms with van der Waals surface area (Å²) in [4.78, 5) is 17.1. The predicted octanol–water partition coefficient (Wildman–Crippen LogP) is 0.804. The van der Waals surface area contributed by atoms with Gasteiger partial charge in [0.1, 0.15) is 0 Å². The number of carboxylic acid groups (broad SMARTS) is 1. The fraction of sp³-hybridized carbons (Fsp3) is 0.556. The highest BCUT2D eigenvalue weighted by Crippen LogP contribution is 2.27. The van der Waals surface area contributed by atoms with Gasteiger partial charge in [-0.2, -0.15) is 0 Å². The van der Waals surface area contributed by atoms with Crippen molar-refractivity contribution >= 4 is 22.8 Å². The zero-order valence-electron chi connectivity index (χ0n) is 7.93. The third-order valence-electron chi connectivity index (χ3n) is 2.31. The molecular weight excluding hydrogens is 200 g/mol. The van der Waals surface area contributed by atoms with Crippen LogP contribution in [-0.4, -0.2) is 46.4 Å². The number of aliphatic carboxylic acids is 1. The Labute approximate surface area is 86.7 Å². The van der Waals surface area contributed by atoms with Crippen LogP contribution in [0.4, 0.5) is 0 Å². The van der Waals surface area contributed by atoms with E-state index in [1.807, 2.05) is 0 Å². The van der Waals surface area contributed by atoms with E-state index in [0.717, 1.165) is 25.2 Å². The molecule has 1 unspecified atom stereocenters. The fourth-order valence-electron chi connectivity index (χ4n) is 1.62. The van der Waals surface area contributed by atoms with Crippen molar-refractivity contribution in [1.29, 1.82) is 0 Å². The second kappa shape index (κ2) is 3.74. The van der Waals surface area contributed by atoms with Crippen molar-refractivity contribution < 1.29 is 9.90 Å². The molecule has 0 saturated heterocycles. The van der Waals surface area contributed by atoms with Gasteiger partial charge >= 0.3 is 5.97 Å². The molecule has 2 aliphatic heterocycles. The van der Waals surface area contributed by atoms with Gasteiger partial charge in [-0.15, -0.1) is 0 Å². The van der Waals surface area contributed by atoms with E-state index in [1.54, 1.807) is 0 Å². The van der Waals surface area contributed by atoms with E-state index >= 15 is 0 Å². The molecule has 1 N–H and O–H groups in total. The van der Waals surface area contributed by atoms with Gasteiger partial charge in [0, 0.05) is 30.5 Å². The molecule has 0 fully saturated rings. The summed E-state index contributed by atoms with van der Waals surface area (Å²) in [6.45, 7) is 1.86. The number of fused-ring (bicyclic) bond motifs is 1. The lowest BCUT2D eigenvalue weighted by molar-refractivity contribution is -0.129. The molecule has 2 aliphatic rings. The smallest absolute Gasteiger partial charge is 0.361 e. The number of nitrogens with zero attached hydrogens (tertiary/aromatic N) is 2. The Morgan fingerprint density at radius 2 is 2.57 bits per heavy atom. The van der Waals surface area contributed by atoms with Crippen molar-refractivity contribution in [3.8, 4) is 0 Å². The molecule has 1 atom stereocenters. The van der Waals surface area contributed by atoms with Crippen LogP contribution in [-0.2, 0) is 4.79 Å². The number of aliphatic imine (C=N–C) groups is 1. The van der Waals surface area contributed by atoms with Crippen LogP contribution >= 0.6 is 11.8 Å². The van der Waals surface area contributed by atoms with E-state index in [-0.39, 0.29) is 10.3 Å². The molecule has 14 heavy (non-hydrogen) atoms. The van der Waals surface area contributed by atoms with Crippen LogP contribution in [0.25, 0.3) is 0 Å². The van der Waals surface area contributed by atoms with Gasteiger partial charge in [0.25, 0.3) is 0 Å². The first kappa shape index (κ1) is 9.73. The molecule has 0 spiro atoms. The van der Waals surface area contributed by atoms with E-state index in [9.17, 15) is 4.79 Å². The third kappa shape index (κ3) is 1.99. The summed E-state index contributed by atoms with van der Waals surface area (Å²) in [5.41, 5.74) is 0.926. The van der Waals surface area contributed by atoms with E-state index in [4.69, 9.17) is 5.11 Å². The topological polar surface area (TPSA) is 52.9 Å². The maximum atomic E-state index is 10.8. The Balaban J connectivity index is 2.20. The molecule has 2 bridgehead atoms. The van der Waals surface area contributed by atoms with Crippen molar-refractivity contribution in [3.63, 3.8) is 0 Å². The van der Waals surface area contributed by atoms with Gasteiger partial charge in [0.2, 0.25) is 0 Å². The molecule has 0 saturated carbocycles. The van der Waals surface area contributed by atoms with Gasteiger partial charge < -0.3 is 10.0 Å². The molecule has 2 rings (SSSR count).